The number of hydrogen-bond donors (Lipinski definition) is 0. The molecule has 202 valence electrons. The minimum atomic E-state index is 0.0487. The van der Waals surface area contributed by atoms with E-state index in [9.17, 15) is 0 Å². The van der Waals surface area contributed by atoms with Gasteiger partial charge in [0.1, 0.15) is 0 Å². The molecule has 0 radical (unpaired) electrons. The Morgan fingerprint density at radius 2 is 1.14 bits per heavy atom. The largest absolute Gasteiger partial charge is 0.312 e. The predicted octanol–water partition coefficient (Wildman–Crippen LogP) is 7.34. The maximum atomic E-state index is 4.86. The van der Waals surface area contributed by atoms with E-state index in [4.69, 9.17) is 9.97 Å². The van der Waals surface area contributed by atoms with Crippen LogP contribution in [-0.4, -0.2) is 16.7 Å². The summed E-state index contributed by atoms with van der Waals surface area (Å²) < 4.78 is 0. The quantitative estimate of drug-likeness (QED) is 0.218. The highest BCUT2D eigenvalue weighted by molar-refractivity contribution is 6.98. The number of aromatic nitrogens is 2. The van der Waals surface area contributed by atoms with Crippen molar-refractivity contribution in [3.8, 4) is 22.5 Å². The monoisotopic (exact) mass is 541 g/mol. The van der Waals surface area contributed by atoms with Crippen molar-refractivity contribution in [3.63, 3.8) is 0 Å². The molecule has 0 amide bonds. The number of rotatable bonds is 4. The minimum absolute atomic E-state index is 0.0487. The van der Waals surface area contributed by atoms with Crippen molar-refractivity contribution in [1.29, 1.82) is 0 Å². The van der Waals surface area contributed by atoms with Gasteiger partial charge in [0, 0.05) is 35.0 Å². The first kappa shape index (κ1) is 26.0. The lowest BCUT2D eigenvalue weighted by Gasteiger charge is -2.37. The van der Waals surface area contributed by atoms with Crippen molar-refractivity contribution in [3.05, 3.63) is 144 Å². The standard InChI is InChI=1S/C38H32BN3/c1-25-19-27(3)37(40-23-25)29-11-10-12-31(21-29)39-33-15-8-9-16-35(33)42(32-13-6-5-7-14-32)36-18-17-30(22-34(36)39)38-28(4)20-26(2)24-41-38/h5-24H,1-4H3. The third kappa shape index (κ3) is 4.50. The summed E-state index contributed by atoms with van der Waals surface area (Å²) in [4.78, 5) is 12.1. The number of benzene rings is 4. The molecule has 4 heteroatoms. The van der Waals surface area contributed by atoms with E-state index in [2.05, 4.69) is 142 Å². The zero-order chi connectivity index (χ0) is 28.8. The lowest BCUT2D eigenvalue weighted by molar-refractivity contribution is 1.22. The number of pyridine rings is 2. The Labute approximate surface area is 248 Å². The van der Waals surface area contributed by atoms with Gasteiger partial charge in [0.25, 0.3) is 0 Å². The van der Waals surface area contributed by atoms with E-state index < -0.39 is 0 Å². The van der Waals surface area contributed by atoms with Crippen molar-refractivity contribution < 1.29 is 0 Å². The van der Waals surface area contributed by atoms with Crippen LogP contribution in [0.2, 0.25) is 0 Å². The fourth-order valence-corrected chi connectivity index (χ4v) is 6.48. The minimum Gasteiger partial charge on any atom is -0.312 e. The molecular formula is C38H32BN3. The van der Waals surface area contributed by atoms with Crippen LogP contribution < -0.4 is 21.3 Å². The van der Waals surface area contributed by atoms with Crippen molar-refractivity contribution in [2.75, 3.05) is 4.90 Å². The second-order valence-electron chi connectivity index (χ2n) is 11.4. The number of fused-ring (bicyclic) bond motifs is 2. The first-order chi connectivity index (χ1) is 20.5. The maximum Gasteiger partial charge on any atom is 0.246 e. The van der Waals surface area contributed by atoms with E-state index >= 15 is 0 Å². The number of nitrogens with zero attached hydrogens (tertiary/aromatic N) is 3. The summed E-state index contributed by atoms with van der Waals surface area (Å²) in [6.45, 7) is 8.54. The van der Waals surface area contributed by atoms with E-state index in [1.54, 1.807) is 0 Å². The Kier molecular flexibility index (Phi) is 6.47. The van der Waals surface area contributed by atoms with Crippen LogP contribution >= 0.6 is 0 Å². The van der Waals surface area contributed by atoms with Crippen LogP contribution in [0.15, 0.2) is 122 Å². The average Bonchev–Trinajstić information content (AvgIpc) is 3.00. The molecule has 6 aromatic rings. The summed E-state index contributed by atoms with van der Waals surface area (Å²) in [6.07, 6.45) is 3.92. The molecule has 0 unspecified atom stereocenters. The number of para-hydroxylation sites is 2. The molecule has 42 heavy (non-hydrogen) atoms. The molecule has 0 atom stereocenters. The molecule has 1 aliphatic heterocycles. The van der Waals surface area contributed by atoms with E-state index in [0.717, 1.165) is 28.2 Å². The number of aryl methyl sites for hydroxylation is 4. The van der Waals surface area contributed by atoms with Crippen LogP contribution in [0.3, 0.4) is 0 Å². The van der Waals surface area contributed by atoms with Crippen molar-refractivity contribution in [1.82, 2.24) is 9.97 Å². The molecule has 0 fully saturated rings. The van der Waals surface area contributed by atoms with Crippen molar-refractivity contribution in [2.24, 2.45) is 0 Å². The SMILES string of the molecule is Cc1cnc(-c2cccc(B3c4ccccc4N(c4ccccc4)c4ccc(-c5ncc(C)cc5C)cc43)c2)c(C)c1. The third-order valence-corrected chi connectivity index (χ3v) is 8.28. The summed E-state index contributed by atoms with van der Waals surface area (Å²) in [5.41, 5.74) is 16.4. The summed E-state index contributed by atoms with van der Waals surface area (Å²) in [7, 11) is 0. The third-order valence-electron chi connectivity index (χ3n) is 8.28. The average molecular weight is 542 g/mol. The molecule has 3 nitrogen and oxygen atoms in total. The van der Waals surface area contributed by atoms with Gasteiger partial charge in [-0.1, -0.05) is 90.4 Å². The second kappa shape index (κ2) is 10.5. The van der Waals surface area contributed by atoms with Gasteiger partial charge in [-0.3, -0.25) is 9.97 Å². The maximum absolute atomic E-state index is 4.86. The molecule has 0 N–H and O–H groups in total. The van der Waals surface area contributed by atoms with Crippen LogP contribution in [0, 0.1) is 27.7 Å². The highest BCUT2D eigenvalue weighted by atomic mass is 15.1. The predicted molar refractivity (Wildman–Crippen MR) is 178 cm³/mol. The smallest absolute Gasteiger partial charge is 0.246 e. The molecule has 0 aliphatic carbocycles. The molecule has 0 saturated carbocycles. The van der Waals surface area contributed by atoms with Gasteiger partial charge in [-0.2, -0.15) is 0 Å². The lowest BCUT2D eigenvalue weighted by Crippen LogP contribution is -2.57. The van der Waals surface area contributed by atoms with Gasteiger partial charge >= 0.3 is 0 Å². The fourth-order valence-electron chi connectivity index (χ4n) is 6.48. The molecule has 0 saturated heterocycles. The Hall–Kier alpha value is -4.96. The molecule has 4 aromatic carbocycles. The number of anilines is 3. The highest BCUT2D eigenvalue weighted by Gasteiger charge is 2.35. The van der Waals surface area contributed by atoms with E-state index in [0.29, 0.717) is 0 Å². The van der Waals surface area contributed by atoms with Gasteiger partial charge in [-0.25, -0.2) is 0 Å². The van der Waals surface area contributed by atoms with Crippen LogP contribution in [-0.2, 0) is 0 Å². The van der Waals surface area contributed by atoms with Crippen LogP contribution in [0.1, 0.15) is 22.3 Å². The zero-order valence-electron chi connectivity index (χ0n) is 24.5. The van der Waals surface area contributed by atoms with Gasteiger partial charge in [-0.15, -0.1) is 0 Å². The molecular weight excluding hydrogens is 509 g/mol. The van der Waals surface area contributed by atoms with E-state index in [-0.39, 0.29) is 6.71 Å². The Morgan fingerprint density at radius 1 is 0.524 bits per heavy atom. The second-order valence-corrected chi connectivity index (χ2v) is 11.4. The molecule has 1 aliphatic rings. The zero-order valence-corrected chi connectivity index (χ0v) is 24.5. The fraction of sp³-hybridized carbons (Fsp3) is 0.105. The van der Waals surface area contributed by atoms with Gasteiger partial charge < -0.3 is 4.90 Å². The first-order valence-electron chi connectivity index (χ1n) is 14.5. The summed E-state index contributed by atoms with van der Waals surface area (Å²) in [5, 5.41) is 0. The van der Waals surface area contributed by atoms with Crippen LogP contribution in [0.4, 0.5) is 17.1 Å². The van der Waals surface area contributed by atoms with Gasteiger partial charge in [0.05, 0.1) is 11.4 Å². The Balaban J connectivity index is 1.47. The molecule has 0 spiro atoms. The normalized spacial score (nSPS) is 12.2. The number of hydrogen-bond acceptors (Lipinski definition) is 3. The van der Waals surface area contributed by atoms with Gasteiger partial charge in [0.2, 0.25) is 6.71 Å². The van der Waals surface area contributed by atoms with E-state index in [1.807, 2.05) is 12.4 Å². The van der Waals surface area contributed by atoms with E-state index in [1.165, 1.54) is 50.0 Å². The van der Waals surface area contributed by atoms with Crippen LogP contribution in [0.25, 0.3) is 22.5 Å². The van der Waals surface area contributed by atoms with Gasteiger partial charge in [0.15, 0.2) is 0 Å². The molecule has 0 bridgehead atoms. The topological polar surface area (TPSA) is 29.0 Å². The summed E-state index contributed by atoms with van der Waals surface area (Å²) >= 11 is 0. The molecule has 7 rings (SSSR count). The molecule has 3 heterocycles. The van der Waals surface area contributed by atoms with Crippen molar-refractivity contribution >= 4 is 40.2 Å². The van der Waals surface area contributed by atoms with Crippen LogP contribution in [0.5, 0.6) is 0 Å². The summed E-state index contributed by atoms with van der Waals surface area (Å²) in [5.74, 6) is 0. The molecule has 2 aromatic heterocycles. The van der Waals surface area contributed by atoms with Crippen molar-refractivity contribution in [2.45, 2.75) is 27.7 Å². The first-order valence-corrected chi connectivity index (χ1v) is 14.5. The Morgan fingerprint density at radius 3 is 1.83 bits per heavy atom. The van der Waals surface area contributed by atoms with Gasteiger partial charge in [-0.05, 0) is 90.7 Å². The highest BCUT2D eigenvalue weighted by Crippen LogP contribution is 2.37. The Bertz CT molecular complexity index is 1950. The summed E-state index contributed by atoms with van der Waals surface area (Å²) in [6, 6.07) is 39.7. The lowest BCUT2D eigenvalue weighted by atomic mass is 9.35.